The fourth-order valence-electron chi connectivity index (χ4n) is 3.94. The van der Waals surface area contributed by atoms with E-state index >= 15 is 0 Å². The summed E-state index contributed by atoms with van der Waals surface area (Å²) in [5.74, 6) is 1.15. The number of amides is 1. The van der Waals surface area contributed by atoms with Crippen LogP contribution in [0.1, 0.15) is 72.6 Å². The molecular formula is C18H34N2O. The number of carbonyl (C=O) groups excluding carboxylic acids is 1. The monoisotopic (exact) mass is 294 g/mol. The molecule has 2 aliphatic rings. The van der Waals surface area contributed by atoms with Crippen molar-refractivity contribution < 1.29 is 4.79 Å². The van der Waals surface area contributed by atoms with Gasteiger partial charge in [0, 0.05) is 19.1 Å². The molecule has 0 bridgehead atoms. The van der Waals surface area contributed by atoms with Crippen molar-refractivity contribution in [2.45, 2.75) is 84.7 Å². The molecule has 1 amide bonds. The van der Waals surface area contributed by atoms with Crippen LogP contribution < -0.4 is 5.32 Å². The molecule has 1 unspecified atom stereocenters. The number of carbonyl (C=O) groups is 1. The fourth-order valence-corrected chi connectivity index (χ4v) is 3.94. The first-order chi connectivity index (χ1) is 9.88. The highest BCUT2D eigenvalue weighted by molar-refractivity contribution is 5.81. The Morgan fingerprint density at radius 1 is 1.05 bits per heavy atom. The standard InChI is InChI=1S/C18H34N2O/c1-14(17(21)20-12-6-5-7-13-20)19-16-10-8-15(9-11-16)18(2,3)4/h14-16,19H,5-13H2,1-4H3. The Morgan fingerprint density at radius 3 is 2.14 bits per heavy atom. The summed E-state index contributed by atoms with van der Waals surface area (Å²) < 4.78 is 0. The van der Waals surface area contributed by atoms with Crippen molar-refractivity contribution in [3.63, 3.8) is 0 Å². The van der Waals surface area contributed by atoms with E-state index in [-0.39, 0.29) is 6.04 Å². The van der Waals surface area contributed by atoms with Gasteiger partial charge in [-0.2, -0.15) is 0 Å². The second-order valence-electron chi connectivity index (χ2n) is 8.19. The number of nitrogens with one attached hydrogen (secondary N) is 1. The quantitative estimate of drug-likeness (QED) is 0.863. The van der Waals surface area contributed by atoms with E-state index in [0.717, 1.165) is 19.0 Å². The van der Waals surface area contributed by atoms with E-state index in [9.17, 15) is 4.79 Å². The number of nitrogens with zero attached hydrogens (tertiary/aromatic N) is 1. The molecule has 1 heterocycles. The highest BCUT2D eigenvalue weighted by Gasteiger charge is 2.31. The number of hydrogen-bond donors (Lipinski definition) is 1. The molecule has 3 nitrogen and oxygen atoms in total. The summed E-state index contributed by atoms with van der Waals surface area (Å²) in [5, 5.41) is 3.60. The molecule has 0 radical (unpaired) electrons. The van der Waals surface area contributed by atoms with Crippen LogP contribution in [0.3, 0.4) is 0 Å². The molecule has 122 valence electrons. The third-order valence-corrected chi connectivity index (χ3v) is 5.48. The van der Waals surface area contributed by atoms with Gasteiger partial charge in [0.15, 0.2) is 0 Å². The van der Waals surface area contributed by atoms with Crippen LogP contribution in [0.4, 0.5) is 0 Å². The average molecular weight is 294 g/mol. The Hall–Kier alpha value is -0.570. The summed E-state index contributed by atoms with van der Waals surface area (Å²) in [5.41, 5.74) is 0.431. The first-order valence-corrected chi connectivity index (χ1v) is 8.93. The number of rotatable bonds is 3. The van der Waals surface area contributed by atoms with Gasteiger partial charge in [0.1, 0.15) is 0 Å². The Bertz CT molecular complexity index is 334. The second-order valence-corrected chi connectivity index (χ2v) is 8.19. The lowest BCUT2D eigenvalue weighted by Crippen LogP contribution is -2.50. The summed E-state index contributed by atoms with van der Waals surface area (Å²) in [7, 11) is 0. The highest BCUT2D eigenvalue weighted by Crippen LogP contribution is 2.37. The lowest BCUT2D eigenvalue weighted by Gasteiger charge is -2.38. The lowest BCUT2D eigenvalue weighted by atomic mass is 9.71. The summed E-state index contributed by atoms with van der Waals surface area (Å²) in [4.78, 5) is 14.5. The molecule has 0 aromatic carbocycles. The normalized spacial score (nSPS) is 29.2. The van der Waals surface area contributed by atoms with E-state index in [1.807, 2.05) is 6.92 Å². The molecule has 1 N–H and O–H groups in total. The summed E-state index contributed by atoms with van der Waals surface area (Å²) in [6.07, 6.45) is 8.67. The largest absolute Gasteiger partial charge is 0.341 e. The van der Waals surface area contributed by atoms with Crippen molar-refractivity contribution in [1.29, 1.82) is 0 Å². The van der Waals surface area contributed by atoms with Crippen LogP contribution in [0.5, 0.6) is 0 Å². The van der Waals surface area contributed by atoms with Crippen molar-refractivity contribution in [3.05, 3.63) is 0 Å². The molecule has 0 aromatic rings. The first-order valence-electron chi connectivity index (χ1n) is 8.93. The van der Waals surface area contributed by atoms with Gasteiger partial charge in [-0.1, -0.05) is 20.8 Å². The van der Waals surface area contributed by atoms with Crippen molar-refractivity contribution >= 4 is 5.91 Å². The summed E-state index contributed by atoms with van der Waals surface area (Å²) in [6, 6.07) is 0.520. The van der Waals surface area contributed by atoms with Crippen molar-refractivity contribution in [2.24, 2.45) is 11.3 Å². The zero-order valence-electron chi connectivity index (χ0n) is 14.5. The average Bonchev–Trinajstić information content (AvgIpc) is 2.47. The highest BCUT2D eigenvalue weighted by atomic mass is 16.2. The van der Waals surface area contributed by atoms with Crippen LogP contribution in [0, 0.1) is 11.3 Å². The van der Waals surface area contributed by atoms with Crippen molar-refractivity contribution in [1.82, 2.24) is 10.2 Å². The van der Waals surface area contributed by atoms with E-state index in [4.69, 9.17) is 0 Å². The predicted octanol–water partition coefficient (Wildman–Crippen LogP) is 3.58. The Morgan fingerprint density at radius 2 is 1.62 bits per heavy atom. The van der Waals surface area contributed by atoms with Gasteiger partial charge in [-0.15, -0.1) is 0 Å². The molecule has 1 saturated heterocycles. The maximum atomic E-state index is 12.5. The maximum absolute atomic E-state index is 12.5. The molecule has 1 saturated carbocycles. The van der Waals surface area contributed by atoms with Gasteiger partial charge in [-0.25, -0.2) is 0 Å². The first kappa shape index (κ1) is 16.8. The number of likely N-dealkylation sites (tertiary alicyclic amines) is 1. The van der Waals surface area contributed by atoms with E-state index < -0.39 is 0 Å². The van der Waals surface area contributed by atoms with Gasteiger partial charge in [0.25, 0.3) is 0 Å². The second kappa shape index (κ2) is 7.13. The SMILES string of the molecule is CC(NC1CCC(C(C)(C)C)CC1)C(=O)N1CCCCC1. The van der Waals surface area contributed by atoms with Crippen molar-refractivity contribution in [3.8, 4) is 0 Å². The molecule has 3 heteroatoms. The molecule has 0 spiro atoms. The Kier molecular flexibility index (Phi) is 5.70. The minimum atomic E-state index is -0.0145. The fraction of sp³-hybridized carbons (Fsp3) is 0.944. The van der Waals surface area contributed by atoms with Crippen LogP contribution in [-0.2, 0) is 4.79 Å². The van der Waals surface area contributed by atoms with Gasteiger partial charge in [0.05, 0.1) is 6.04 Å². The van der Waals surface area contributed by atoms with Crippen LogP contribution >= 0.6 is 0 Å². The lowest BCUT2D eigenvalue weighted by molar-refractivity contribution is -0.134. The molecule has 2 fully saturated rings. The Balaban J connectivity index is 1.76. The number of piperidine rings is 1. The van der Waals surface area contributed by atoms with Crippen LogP contribution in [0.15, 0.2) is 0 Å². The summed E-state index contributed by atoms with van der Waals surface area (Å²) in [6.45, 7) is 11.0. The van der Waals surface area contributed by atoms with Gasteiger partial charge in [-0.3, -0.25) is 4.79 Å². The Labute approximate surface area is 130 Å². The van der Waals surface area contributed by atoms with Gasteiger partial charge >= 0.3 is 0 Å². The minimum Gasteiger partial charge on any atom is -0.341 e. The molecule has 21 heavy (non-hydrogen) atoms. The molecule has 0 aromatic heterocycles. The summed E-state index contributed by atoms with van der Waals surface area (Å²) >= 11 is 0. The maximum Gasteiger partial charge on any atom is 0.239 e. The molecule has 1 aliphatic carbocycles. The third-order valence-electron chi connectivity index (χ3n) is 5.48. The van der Waals surface area contributed by atoms with E-state index in [2.05, 4.69) is 31.0 Å². The van der Waals surface area contributed by atoms with Gasteiger partial charge < -0.3 is 10.2 Å². The van der Waals surface area contributed by atoms with Crippen LogP contribution in [-0.4, -0.2) is 36.0 Å². The van der Waals surface area contributed by atoms with Gasteiger partial charge in [-0.05, 0) is 63.2 Å². The van der Waals surface area contributed by atoms with Crippen LogP contribution in [0.2, 0.25) is 0 Å². The van der Waals surface area contributed by atoms with Crippen molar-refractivity contribution in [2.75, 3.05) is 13.1 Å². The van der Waals surface area contributed by atoms with Gasteiger partial charge in [0.2, 0.25) is 5.91 Å². The zero-order chi connectivity index (χ0) is 15.5. The molecule has 1 atom stereocenters. The molecular weight excluding hydrogens is 260 g/mol. The predicted molar refractivity (Wildman–Crippen MR) is 88.2 cm³/mol. The van der Waals surface area contributed by atoms with E-state index in [1.54, 1.807) is 0 Å². The smallest absolute Gasteiger partial charge is 0.239 e. The molecule has 2 rings (SSSR count). The van der Waals surface area contributed by atoms with Crippen LogP contribution in [0.25, 0.3) is 0 Å². The minimum absolute atomic E-state index is 0.0145. The topological polar surface area (TPSA) is 32.3 Å². The third kappa shape index (κ3) is 4.70. The molecule has 1 aliphatic heterocycles. The van der Waals surface area contributed by atoms with E-state index in [1.165, 1.54) is 44.9 Å². The number of hydrogen-bond acceptors (Lipinski definition) is 2. The zero-order valence-corrected chi connectivity index (χ0v) is 14.5. The van der Waals surface area contributed by atoms with E-state index in [0.29, 0.717) is 17.4 Å².